The molecule has 1 unspecified atom stereocenters. The molecule has 1 aliphatic rings. The lowest BCUT2D eigenvalue weighted by Crippen LogP contribution is -2.67. The molecule has 1 saturated carbocycles. The molecule has 1 aliphatic carbocycles. The van der Waals surface area contributed by atoms with E-state index in [1.165, 1.54) is 0 Å². The number of carbonyl (C=O) groups excluding carboxylic acids is 3. The molecule has 5 aromatic carbocycles. The van der Waals surface area contributed by atoms with Crippen LogP contribution in [0.5, 0.6) is 0 Å². The highest BCUT2D eigenvalue weighted by molar-refractivity contribution is 7.48. The Morgan fingerprint density at radius 2 is 0.747 bits per heavy atom. The molecule has 0 aromatic heterocycles. The minimum Gasteiger partial charge on any atom is -0.462 e. The van der Waals surface area contributed by atoms with Crippen LogP contribution in [0.15, 0.2) is 152 Å². The molecule has 15 heteroatoms. The standard InChI is InChI=1S/C64H83O14P/c1-4-7-10-11-29-42-58(67)77-63-61(72-45-52-34-23-14-24-35-52)59(70-43-50-30-19-12-20-31-50)60(71-44-51-32-21-13-22-33-51)62(73-46-53-36-25-15-26-37-53)64(63)78-79(68,74-47-54-38-27-16-28-39-54)75-49-55(76-57(66)41-18-9-6-3)48-69-56(65)40-17-8-5-2/h12-16,19-28,30-39,55,59-64H,4-11,17-18,29,40-49H2,1-3H3/t55-,59+,60+,61-,62-,63-,64+,79?/m1/s1. The zero-order chi connectivity index (χ0) is 55.8. The van der Waals surface area contributed by atoms with Crippen LogP contribution in [0.4, 0.5) is 0 Å². The monoisotopic (exact) mass is 1110 g/mol. The fourth-order valence-corrected chi connectivity index (χ4v) is 10.5. The number of unbranched alkanes of at least 4 members (excludes halogenated alkanes) is 8. The molecule has 0 heterocycles. The first-order valence-corrected chi connectivity index (χ1v) is 29.9. The fourth-order valence-electron chi connectivity index (χ4n) is 9.09. The summed E-state index contributed by atoms with van der Waals surface area (Å²) in [6.45, 7) is 5.28. The van der Waals surface area contributed by atoms with Crippen molar-refractivity contribution in [2.45, 2.75) is 186 Å². The summed E-state index contributed by atoms with van der Waals surface area (Å²) in [6, 6.07) is 47.5. The van der Waals surface area contributed by atoms with Crippen molar-refractivity contribution in [1.29, 1.82) is 0 Å². The summed E-state index contributed by atoms with van der Waals surface area (Å²) in [5, 5.41) is 0. The van der Waals surface area contributed by atoms with Gasteiger partial charge in [-0.05, 0) is 47.1 Å². The molecule has 0 bridgehead atoms. The van der Waals surface area contributed by atoms with Gasteiger partial charge in [0.15, 0.2) is 12.2 Å². The lowest BCUT2D eigenvalue weighted by Gasteiger charge is -2.49. The highest BCUT2D eigenvalue weighted by atomic mass is 31.2. The predicted octanol–water partition coefficient (Wildman–Crippen LogP) is 14.0. The Morgan fingerprint density at radius 1 is 0.392 bits per heavy atom. The maximum absolute atomic E-state index is 16.0. The molecule has 8 atom stereocenters. The Hall–Kier alpha value is -5.54. The van der Waals surface area contributed by atoms with Crippen molar-refractivity contribution in [3.63, 3.8) is 0 Å². The van der Waals surface area contributed by atoms with E-state index in [0.29, 0.717) is 24.8 Å². The zero-order valence-corrected chi connectivity index (χ0v) is 47.4. The van der Waals surface area contributed by atoms with E-state index in [1.807, 2.05) is 153 Å². The summed E-state index contributed by atoms with van der Waals surface area (Å²) in [5.74, 6) is -1.54. The van der Waals surface area contributed by atoms with Gasteiger partial charge in [0.2, 0.25) is 0 Å². The van der Waals surface area contributed by atoms with Gasteiger partial charge in [-0.25, -0.2) is 4.57 Å². The Labute approximate surface area is 468 Å². The van der Waals surface area contributed by atoms with Gasteiger partial charge in [0.05, 0.1) is 39.6 Å². The van der Waals surface area contributed by atoms with E-state index in [4.69, 9.17) is 46.7 Å². The minimum absolute atomic E-state index is 0.0192. The van der Waals surface area contributed by atoms with Crippen molar-refractivity contribution >= 4 is 25.7 Å². The first kappa shape index (κ1) is 62.7. The molecule has 0 N–H and O–H groups in total. The Balaban J connectivity index is 1.48. The fraction of sp³-hybridized carbons (Fsp3) is 0.484. The number of hydrogen-bond donors (Lipinski definition) is 0. The van der Waals surface area contributed by atoms with E-state index >= 15 is 4.57 Å². The molecule has 14 nitrogen and oxygen atoms in total. The average Bonchev–Trinajstić information content (AvgIpc) is 3.68. The van der Waals surface area contributed by atoms with Crippen molar-refractivity contribution in [3.8, 4) is 0 Å². The number of benzene rings is 5. The van der Waals surface area contributed by atoms with Crippen LogP contribution in [-0.4, -0.2) is 73.8 Å². The van der Waals surface area contributed by atoms with E-state index in [0.717, 1.165) is 73.6 Å². The Morgan fingerprint density at radius 3 is 1.19 bits per heavy atom. The summed E-state index contributed by atoms with van der Waals surface area (Å²) in [5.41, 5.74) is 3.99. The normalized spacial score (nSPS) is 19.2. The van der Waals surface area contributed by atoms with E-state index < -0.39 is 75.1 Å². The molecular formula is C64H83O14P. The summed E-state index contributed by atoms with van der Waals surface area (Å²) in [4.78, 5) is 40.8. The third-order valence-electron chi connectivity index (χ3n) is 13.4. The average molecular weight is 1110 g/mol. The van der Waals surface area contributed by atoms with Gasteiger partial charge in [-0.2, -0.15) is 0 Å². The topological polar surface area (TPSA) is 161 Å². The Kier molecular flexibility index (Phi) is 28.5. The summed E-state index contributed by atoms with van der Waals surface area (Å²) in [7, 11) is -4.94. The maximum atomic E-state index is 16.0. The van der Waals surface area contributed by atoms with Gasteiger partial charge in [0.1, 0.15) is 37.1 Å². The maximum Gasteiger partial charge on any atom is 0.475 e. The van der Waals surface area contributed by atoms with Crippen LogP contribution in [0, 0.1) is 0 Å². The van der Waals surface area contributed by atoms with Gasteiger partial charge in [-0.3, -0.25) is 28.0 Å². The number of ether oxygens (including phenoxy) is 7. The second-order valence-electron chi connectivity index (χ2n) is 19.9. The van der Waals surface area contributed by atoms with Crippen LogP contribution in [0.25, 0.3) is 0 Å². The first-order chi connectivity index (χ1) is 38.7. The second kappa shape index (κ2) is 35.9. The highest BCUT2D eigenvalue weighted by Crippen LogP contribution is 2.54. The third-order valence-corrected chi connectivity index (χ3v) is 14.8. The van der Waals surface area contributed by atoms with E-state index in [1.54, 1.807) is 12.1 Å². The van der Waals surface area contributed by atoms with Gasteiger partial charge >= 0.3 is 25.7 Å². The van der Waals surface area contributed by atoms with Crippen LogP contribution < -0.4 is 0 Å². The molecule has 1 fully saturated rings. The summed E-state index contributed by atoms with van der Waals surface area (Å²) in [6.07, 6.45) is 0.912. The van der Waals surface area contributed by atoms with Crippen molar-refractivity contribution < 1.29 is 65.7 Å². The van der Waals surface area contributed by atoms with Crippen molar-refractivity contribution in [3.05, 3.63) is 179 Å². The largest absolute Gasteiger partial charge is 0.475 e. The smallest absolute Gasteiger partial charge is 0.462 e. The predicted molar refractivity (Wildman–Crippen MR) is 302 cm³/mol. The Bertz CT molecular complexity index is 2490. The van der Waals surface area contributed by atoms with Gasteiger partial charge in [-0.15, -0.1) is 0 Å². The minimum atomic E-state index is -4.94. The van der Waals surface area contributed by atoms with Crippen LogP contribution in [-0.2, 0) is 98.7 Å². The van der Waals surface area contributed by atoms with Crippen molar-refractivity contribution in [2.75, 3.05) is 13.2 Å². The summed E-state index contributed by atoms with van der Waals surface area (Å²) >= 11 is 0. The van der Waals surface area contributed by atoms with E-state index in [2.05, 4.69) is 6.92 Å². The second-order valence-corrected chi connectivity index (χ2v) is 21.6. The van der Waals surface area contributed by atoms with Gasteiger partial charge in [0.25, 0.3) is 0 Å². The lowest BCUT2D eigenvalue weighted by atomic mass is 9.83. The van der Waals surface area contributed by atoms with Gasteiger partial charge in [0, 0.05) is 19.3 Å². The van der Waals surface area contributed by atoms with E-state index in [-0.39, 0.29) is 58.9 Å². The zero-order valence-electron chi connectivity index (χ0n) is 46.5. The van der Waals surface area contributed by atoms with Crippen LogP contribution >= 0.6 is 7.82 Å². The first-order valence-electron chi connectivity index (χ1n) is 28.4. The molecule has 5 aromatic rings. The van der Waals surface area contributed by atoms with Gasteiger partial charge in [-0.1, -0.05) is 224 Å². The number of carbonyl (C=O) groups is 3. The highest BCUT2D eigenvalue weighted by Gasteiger charge is 2.58. The van der Waals surface area contributed by atoms with Gasteiger partial charge < -0.3 is 33.2 Å². The number of hydrogen-bond acceptors (Lipinski definition) is 14. The molecular weight excluding hydrogens is 1020 g/mol. The van der Waals surface area contributed by atoms with Crippen molar-refractivity contribution in [2.24, 2.45) is 0 Å². The number of esters is 3. The van der Waals surface area contributed by atoms with Crippen LogP contribution in [0.2, 0.25) is 0 Å². The third kappa shape index (κ3) is 22.9. The SMILES string of the molecule is CCCCCCCC(=O)O[C@@H]1[C@H](OCc2ccccc2)[C@@H](OCc2ccccc2)[C@H](OCc2ccccc2)[C@@H](OCc2ccccc2)[C@@H]1OP(=O)(OCc1ccccc1)OC[C@@H](COC(=O)CCCCC)OC(=O)CCCCC. The number of rotatable bonds is 38. The lowest BCUT2D eigenvalue weighted by molar-refractivity contribution is -0.275. The van der Waals surface area contributed by atoms with Crippen LogP contribution in [0.3, 0.4) is 0 Å². The van der Waals surface area contributed by atoms with Crippen LogP contribution in [0.1, 0.15) is 138 Å². The molecule has 0 spiro atoms. The molecule has 428 valence electrons. The molecule has 6 rings (SSSR count). The molecule has 0 saturated heterocycles. The number of phosphoric ester groups is 1. The van der Waals surface area contributed by atoms with Crippen molar-refractivity contribution in [1.82, 2.24) is 0 Å². The number of phosphoric acid groups is 1. The molecule has 79 heavy (non-hydrogen) atoms. The quantitative estimate of drug-likeness (QED) is 0.0159. The summed E-state index contributed by atoms with van der Waals surface area (Å²) < 4.78 is 81.9. The molecule has 0 radical (unpaired) electrons. The molecule has 0 amide bonds. The molecule has 0 aliphatic heterocycles. The van der Waals surface area contributed by atoms with E-state index in [9.17, 15) is 14.4 Å².